The summed E-state index contributed by atoms with van der Waals surface area (Å²) in [6.45, 7) is 7.79. The third-order valence-electron chi connectivity index (χ3n) is 3.54. The van der Waals surface area contributed by atoms with E-state index < -0.39 is 0 Å². The highest BCUT2D eigenvalue weighted by molar-refractivity contribution is 5.14. The van der Waals surface area contributed by atoms with Crippen LogP contribution in [-0.4, -0.2) is 5.54 Å². The van der Waals surface area contributed by atoms with Gasteiger partial charge in [0, 0.05) is 12.1 Å². The monoisotopic (exact) mass is 205 g/mol. The van der Waals surface area contributed by atoms with Gasteiger partial charge in [-0.25, -0.2) is 0 Å². The molecule has 0 unspecified atom stereocenters. The molecule has 0 bridgehead atoms. The second kappa shape index (κ2) is 5.92. The van der Waals surface area contributed by atoms with Crippen LogP contribution in [0.25, 0.3) is 0 Å². The van der Waals surface area contributed by atoms with E-state index in [-0.39, 0.29) is 0 Å². The zero-order valence-electron chi connectivity index (χ0n) is 10.2. The van der Waals surface area contributed by atoms with Crippen LogP contribution >= 0.6 is 0 Å². The molecule has 0 aliphatic carbocycles. The molecule has 0 aromatic heterocycles. The topological polar surface area (TPSA) is 12.0 Å². The zero-order valence-corrected chi connectivity index (χ0v) is 10.2. The quantitative estimate of drug-likeness (QED) is 0.746. The summed E-state index contributed by atoms with van der Waals surface area (Å²) in [6.07, 6.45) is 3.60. The molecular formula is C14H23N. The van der Waals surface area contributed by atoms with Gasteiger partial charge in [0.2, 0.25) is 0 Å². The van der Waals surface area contributed by atoms with Gasteiger partial charge in [-0.15, -0.1) is 0 Å². The van der Waals surface area contributed by atoms with Crippen molar-refractivity contribution in [3.05, 3.63) is 35.9 Å². The maximum absolute atomic E-state index is 3.70. The van der Waals surface area contributed by atoms with Gasteiger partial charge in [-0.3, -0.25) is 0 Å². The first-order valence-corrected chi connectivity index (χ1v) is 6.05. The van der Waals surface area contributed by atoms with Crippen LogP contribution in [0.4, 0.5) is 0 Å². The van der Waals surface area contributed by atoms with E-state index in [2.05, 4.69) is 56.4 Å². The van der Waals surface area contributed by atoms with Crippen LogP contribution in [-0.2, 0) is 6.54 Å². The van der Waals surface area contributed by atoms with Gasteiger partial charge in [0.25, 0.3) is 0 Å². The van der Waals surface area contributed by atoms with Crippen LogP contribution in [0.15, 0.2) is 30.3 Å². The van der Waals surface area contributed by atoms with Gasteiger partial charge < -0.3 is 5.32 Å². The number of hydrogen-bond acceptors (Lipinski definition) is 1. The van der Waals surface area contributed by atoms with Crippen molar-refractivity contribution in [2.24, 2.45) is 0 Å². The lowest BCUT2D eigenvalue weighted by Crippen LogP contribution is -2.43. The number of rotatable bonds is 6. The van der Waals surface area contributed by atoms with Gasteiger partial charge in [-0.05, 0) is 24.8 Å². The van der Waals surface area contributed by atoms with Crippen molar-refractivity contribution in [1.29, 1.82) is 0 Å². The number of benzene rings is 1. The highest BCUT2D eigenvalue weighted by atomic mass is 15.0. The predicted octanol–water partition coefficient (Wildman–Crippen LogP) is 3.75. The Balaban J connectivity index is 2.54. The minimum Gasteiger partial charge on any atom is -0.307 e. The smallest absolute Gasteiger partial charge is 0.0210 e. The molecule has 0 spiro atoms. The lowest BCUT2D eigenvalue weighted by molar-refractivity contribution is 0.288. The SMILES string of the molecule is CCC(CC)(CC)NCc1ccccc1. The Kier molecular flexibility index (Phi) is 4.83. The van der Waals surface area contributed by atoms with E-state index in [0.717, 1.165) is 6.54 Å². The molecule has 1 aromatic carbocycles. The van der Waals surface area contributed by atoms with Gasteiger partial charge in [-0.1, -0.05) is 51.1 Å². The Morgan fingerprint density at radius 2 is 1.47 bits per heavy atom. The summed E-state index contributed by atoms with van der Waals surface area (Å²) in [5, 5.41) is 3.70. The molecule has 0 radical (unpaired) electrons. The molecule has 1 rings (SSSR count). The summed E-state index contributed by atoms with van der Waals surface area (Å²) < 4.78 is 0. The zero-order chi connectivity index (χ0) is 11.1. The van der Waals surface area contributed by atoms with E-state index in [0.29, 0.717) is 5.54 Å². The standard InChI is InChI=1S/C14H23N/c1-4-14(5-2,6-3)15-12-13-10-8-7-9-11-13/h7-11,15H,4-6,12H2,1-3H3. The normalized spacial score (nSPS) is 11.7. The van der Waals surface area contributed by atoms with E-state index in [4.69, 9.17) is 0 Å². The van der Waals surface area contributed by atoms with Gasteiger partial charge in [0.1, 0.15) is 0 Å². The predicted molar refractivity (Wildman–Crippen MR) is 66.9 cm³/mol. The first kappa shape index (κ1) is 12.3. The van der Waals surface area contributed by atoms with Crippen molar-refractivity contribution in [3.8, 4) is 0 Å². The van der Waals surface area contributed by atoms with E-state index >= 15 is 0 Å². The summed E-state index contributed by atoms with van der Waals surface area (Å²) in [6, 6.07) is 10.6. The summed E-state index contributed by atoms with van der Waals surface area (Å²) in [5.41, 5.74) is 1.70. The van der Waals surface area contributed by atoms with Gasteiger partial charge in [0.05, 0.1) is 0 Å². The van der Waals surface area contributed by atoms with Gasteiger partial charge >= 0.3 is 0 Å². The Morgan fingerprint density at radius 3 is 1.93 bits per heavy atom. The molecule has 1 N–H and O–H groups in total. The summed E-state index contributed by atoms with van der Waals surface area (Å²) >= 11 is 0. The lowest BCUT2D eigenvalue weighted by atomic mass is 9.89. The van der Waals surface area contributed by atoms with Crippen LogP contribution in [0.2, 0.25) is 0 Å². The molecule has 1 nitrogen and oxygen atoms in total. The van der Waals surface area contributed by atoms with Gasteiger partial charge in [-0.2, -0.15) is 0 Å². The number of nitrogens with one attached hydrogen (secondary N) is 1. The van der Waals surface area contributed by atoms with Crippen LogP contribution in [0.5, 0.6) is 0 Å². The molecule has 15 heavy (non-hydrogen) atoms. The Hall–Kier alpha value is -0.820. The fourth-order valence-electron chi connectivity index (χ4n) is 2.01. The molecular weight excluding hydrogens is 182 g/mol. The van der Waals surface area contributed by atoms with Crippen LogP contribution < -0.4 is 5.32 Å². The summed E-state index contributed by atoms with van der Waals surface area (Å²) in [5.74, 6) is 0. The van der Waals surface area contributed by atoms with Crippen LogP contribution in [0.3, 0.4) is 0 Å². The maximum atomic E-state index is 3.70. The fourth-order valence-corrected chi connectivity index (χ4v) is 2.01. The first-order valence-electron chi connectivity index (χ1n) is 6.05. The highest BCUT2D eigenvalue weighted by Gasteiger charge is 2.22. The molecule has 0 heterocycles. The number of hydrogen-bond donors (Lipinski definition) is 1. The third kappa shape index (κ3) is 3.35. The molecule has 0 saturated heterocycles. The molecule has 1 aromatic rings. The summed E-state index contributed by atoms with van der Waals surface area (Å²) in [4.78, 5) is 0. The second-order valence-corrected chi connectivity index (χ2v) is 4.18. The highest BCUT2D eigenvalue weighted by Crippen LogP contribution is 2.19. The summed E-state index contributed by atoms with van der Waals surface area (Å²) in [7, 11) is 0. The van der Waals surface area contributed by atoms with Crippen molar-refractivity contribution >= 4 is 0 Å². The third-order valence-corrected chi connectivity index (χ3v) is 3.54. The molecule has 0 atom stereocenters. The first-order chi connectivity index (χ1) is 7.26. The van der Waals surface area contributed by atoms with Gasteiger partial charge in [0.15, 0.2) is 0 Å². The van der Waals surface area contributed by atoms with Crippen molar-refractivity contribution in [2.75, 3.05) is 0 Å². The minimum atomic E-state index is 0.329. The van der Waals surface area contributed by atoms with E-state index in [1.807, 2.05) is 0 Å². The average molecular weight is 205 g/mol. The van der Waals surface area contributed by atoms with Crippen LogP contribution in [0, 0.1) is 0 Å². The van der Waals surface area contributed by atoms with E-state index in [1.165, 1.54) is 24.8 Å². The van der Waals surface area contributed by atoms with Crippen molar-refractivity contribution in [3.63, 3.8) is 0 Å². The largest absolute Gasteiger partial charge is 0.307 e. The van der Waals surface area contributed by atoms with Crippen LogP contribution in [0.1, 0.15) is 45.6 Å². The molecule has 1 heteroatoms. The molecule has 0 saturated carbocycles. The van der Waals surface area contributed by atoms with Crippen molar-refractivity contribution in [1.82, 2.24) is 5.32 Å². The Labute approximate surface area is 93.9 Å². The van der Waals surface area contributed by atoms with E-state index in [1.54, 1.807) is 0 Å². The fraction of sp³-hybridized carbons (Fsp3) is 0.571. The second-order valence-electron chi connectivity index (χ2n) is 4.18. The Bertz CT molecular complexity index is 254. The van der Waals surface area contributed by atoms with E-state index in [9.17, 15) is 0 Å². The average Bonchev–Trinajstić information content (AvgIpc) is 2.33. The molecule has 0 aliphatic heterocycles. The Morgan fingerprint density at radius 1 is 0.933 bits per heavy atom. The lowest BCUT2D eigenvalue weighted by Gasteiger charge is -2.32. The maximum Gasteiger partial charge on any atom is 0.0210 e. The van der Waals surface area contributed by atoms with Crippen molar-refractivity contribution in [2.45, 2.75) is 52.1 Å². The molecule has 0 fully saturated rings. The van der Waals surface area contributed by atoms with Crippen molar-refractivity contribution < 1.29 is 0 Å². The molecule has 0 aliphatic rings. The molecule has 0 amide bonds. The minimum absolute atomic E-state index is 0.329. The molecule has 84 valence electrons.